The third-order valence-corrected chi connectivity index (χ3v) is 4.45. The van der Waals surface area contributed by atoms with Gasteiger partial charge in [0.2, 0.25) is 0 Å². The Morgan fingerprint density at radius 1 is 1.39 bits per heavy atom. The number of ketones is 2. The maximum atomic E-state index is 12.6. The summed E-state index contributed by atoms with van der Waals surface area (Å²) in [6, 6.07) is 4.98. The van der Waals surface area contributed by atoms with E-state index in [1.807, 2.05) is 20.8 Å². The molecule has 0 unspecified atom stereocenters. The second-order valence-corrected chi connectivity index (χ2v) is 7.17. The van der Waals surface area contributed by atoms with E-state index in [2.05, 4.69) is 6.58 Å². The van der Waals surface area contributed by atoms with Crippen LogP contribution in [-0.2, 0) is 9.53 Å². The zero-order valence-corrected chi connectivity index (χ0v) is 14.2. The number of hydrogen-bond donors (Lipinski definition) is 1. The third kappa shape index (κ3) is 3.70. The van der Waals surface area contributed by atoms with Gasteiger partial charge in [0.05, 0.1) is 11.2 Å². The maximum absolute atomic E-state index is 12.6. The molecule has 23 heavy (non-hydrogen) atoms. The van der Waals surface area contributed by atoms with Crippen LogP contribution in [0.15, 0.2) is 30.9 Å². The van der Waals surface area contributed by atoms with Crippen LogP contribution in [0.2, 0.25) is 0 Å². The molecule has 0 saturated carbocycles. The largest absolute Gasteiger partial charge is 0.507 e. The number of hydrogen-bond acceptors (Lipinski definition) is 4. The average Bonchev–Trinajstić information content (AvgIpc) is 3.07. The molecule has 1 aromatic carbocycles. The fourth-order valence-corrected chi connectivity index (χ4v) is 2.89. The molecule has 0 radical (unpaired) electrons. The number of phenolic OH excluding ortho intramolecular Hbond substituents is 1. The van der Waals surface area contributed by atoms with Gasteiger partial charge in [0.15, 0.2) is 11.6 Å². The molecule has 1 N–H and O–H groups in total. The fraction of sp³-hybridized carbons (Fsp3) is 0.474. The van der Waals surface area contributed by atoms with Crippen LogP contribution in [-0.4, -0.2) is 28.4 Å². The van der Waals surface area contributed by atoms with Crippen molar-refractivity contribution in [1.29, 1.82) is 0 Å². The first-order valence-corrected chi connectivity index (χ1v) is 7.75. The number of benzene rings is 1. The summed E-state index contributed by atoms with van der Waals surface area (Å²) in [6.45, 7) is 11.1. The van der Waals surface area contributed by atoms with E-state index in [0.717, 1.165) is 5.56 Å². The number of carbonyl (C=O) groups excluding carboxylic acids is 2. The van der Waals surface area contributed by atoms with Crippen molar-refractivity contribution in [3.63, 3.8) is 0 Å². The van der Waals surface area contributed by atoms with Crippen LogP contribution in [0, 0.1) is 12.3 Å². The standard InChI is InChI=1S/C19H24O4/c1-6-19(5,11-15(22)17-18(3,4)23-17)10-14(21)16-12(2)8-7-9-13(16)20/h6-9,17,20H,1,10-11H2,2-5H3/t17-,19-/m0/s1. The normalized spacial score (nSPS) is 21.3. The van der Waals surface area contributed by atoms with Crippen LogP contribution in [0.25, 0.3) is 0 Å². The molecule has 1 aromatic rings. The molecule has 2 atom stereocenters. The molecular formula is C19H24O4. The minimum atomic E-state index is -0.662. The molecule has 0 amide bonds. The first-order valence-electron chi connectivity index (χ1n) is 7.75. The fourth-order valence-electron chi connectivity index (χ4n) is 2.89. The van der Waals surface area contributed by atoms with Gasteiger partial charge in [-0.25, -0.2) is 0 Å². The van der Waals surface area contributed by atoms with Gasteiger partial charge in [-0.3, -0.25) is 9.59 Å². The molecular weight excluding hydrogens is 292 g/mol. The predicted molar refractivity (Wildman–Crippen MR) is 88.7 cm³/mol. The van der Waals surface area contributed by atoms with Crippen LogP contribution >= 0.6 is 0 Å². The Labute approximate surface area is 137 Å². The van der Waals surface area contributed by atoms with Gasteiger partial charge in [0, 0.05) is 12.8 Å². The Morgan fingerprint density at radius 2 is 2.00 bits per heavy atom. The smallest absolute Gasteiger partial charge is 0.167 e. The number of carbonyl (C=O) groups is 2. The van der Waals surface area contributed by atoms with Gasteiger partial charge in [-0.15, -0.1) is 6.58 Å². The molecule has 2 rings (SSSR count). The van der Waals surface area contributed by atoms with Crippen molar-refractivity contribution < 1.29 is 19.4 Å². The summed E-state index contributed by atoms with van der Waals surface area (Å²) < 4.78 is 5.38. The molecule has 0 aromatic heterocycles. The SMILES string of the molecule is C=C[C@@](C)(CC(=O)c1c(C)cccc1O)CC(=O)[C@@H]1OC1(C)C. The van der Waals surface area contributed by atoms with E-state index in [1.165, 1.54) is 6.07 Å². The molecule has 0 bridgehead atoms. The number of rotatable bonds is 7. The molecule has 0 spiro atoms. The zero-order valence-electron chi connectivity index (χ0n) is 14.2. The lowest BCUT2D eigenvalue weighted by Crippen LogP contribution is -2.26. The van der Waals surface area contributed by atoms with E-state index < -0.39 is 17.1 Å². The van der Waals surface area contributed by atoms with Gasteiger partial charge in [-0.1, -0.05) is 25.1 Å². The highest BCUT2D eigenvalue weighted by Crippen LogP contribution is 2.40. The molecule has 1 fully saturated rings. The van der Waals surface area contributed by atoms with Crippen molar-refractivity contribution in [2.24, 2.45) is 5.41 Å². The summed E-state index contributed by atoms with van der Waals surface area (Å²) >= 11 is 0. The van der Waals surface area contributed by atoms with E-state index in [-0.39, 0.29) is 30.2 Å². The number of ether oxygens (including phenoxy) is 1. The quantitative estimate of drug-likeness (QED) is 0.474. The second kappa shape index (κ2) is 5.93. The summed E-state index contributed by atoms with van der Waals surface area (Å²) in [5.41, 5.74) is -0.0297. The number of aryl methyl sites for hydroxylation is 1. The van der Waals surface area contributed by atoms with Crippen molar-refractivity contribution in [1.82, 2.24) is 0 Å². The van der Waals surface area contributed by atoms with E-state index in [4.69, 9.17) is 4.74 Å². The van der Waals surface area contributed by atoms with E-state index >= 15 is 0 Å². The van der Waals surface area contributed by atoms with Gasteiger partial charge >= 0.3 is 0 Å². The van der Waals surface area contributed by atoms with Gasteiger partial charge in [-0.05, 0) is 37.8 Å². The van der Waals surface area contributed by atoms with Crippen molar-refractivity contribution in [2.75, 3.05) is 0 Å². The molecule has 0 aliphatic carbocycles. The monoisotopic (exact) mass is 316 g/mol. The molecule has 1 aliphatic rings. The van der Waals surface area contributed by atoms with Crippen LogP contribution in [0.4, 0.5) is 0 Å². The number of epoxide rings is 1. The topological polar surface area (TPSA) is 66.9 Å². The lowest BCUT2D eigenvalue weighted by atomic mass is 9.78. The lowest BCUT2D eigenvalue weighted by molar-refractivity contribution is -0.121. The van der Waals surface area contributed by atoms with Crippen LogP contribution in [0.5, 0.6) is 5.75 Å². The van der Waals surface area contributed by atoms with E-state index in [0.29, 0.717) is 5.56 Å². The van der Waals surface area contributed by atoms with Gasteiger partial charge in [0.25, 0.3) is 0 Å². The highest BCUT2D eigenvalue weighted by atomic mass is 16.6. The molecule has 4 nitrogen and oxygen atoms in total. The Kier molecular flexibility index (Phi) is 4.49. The summed E-state index contributed by atoms with van der Waals surface area (Å²) in [6.07, 6.45) is 1.56. The molecule has 124 valence electrons. The van der Waals surface area contributed by atoms with Gasteiger partial charge < -0.3 is 9.84 Å². The summed E-state index contributed by atoms with van der Waals surface area (Å²) in [7, 11) is 0. The minimum Gasteiger partial charge on any atom is -0.507 e. The predicted octanol–water partition coefficient (Wildman–Crippen LogP) is 3.60. The third-order valence-electron chi connectivity index (χ3n) is 4.45. The Morgan fingerprint density at radius 3 is 2.48 bits per heavy atom. The first kappa shape index (κ1) is 17.4. The van der Waals surface area contributed by atoms with Crippen molar-refractivity contribution in [3.05, 3.63) is 42.0 Å². The summed E-state index contributed by atoms with van der Waals surface area (Å²) in [5, 5.41) is 9.95. The van der Waals surface area contributed by atoms with Crippen molar-refractivity contribution >= 4 is 11.6 Å². The first-order chi connectivity index (χ1) is 10.6. The lowest BCUT2D eigenvalue weighted by Gasteiger charge is -2.24. The van der Waals surface area contributed by atoms with E-state index in [1.54, 1.807) is 25.1 Å². The molecule has 1 saturated heterocycles. The van der Waals surface area contributed by atoms with Crippen LogP contribution in [0.3, 0.4) is 0 Å². The summed E-state index contributed by atoms with van der Waals surface area (Å²) in [5.74, 6) is -0.231. The Balaban J connectivity index is 2.13. The maximum Gasteiger partial charge on any atom is 0.167 e. The molecule has 4 heteroatoms. The number of aromatic hydroxyl groups is 1. The van der Waals surface area contributed by atoms with Crippen LogP contribution in [0.1, 0.15) is 49.5 Å². The average molecular weight is 316 g/mol. The minimum absolute atomic E-state index is 0.0146. The Hall–Kier alpha value is -1.94. The number of allylic oxidation sites excluding steroid dienone is 1. The highest BCUT2D eigenvalue weighted by molar-refractivity contribution is 6.00. The highest BCUT2D eigenvalue weighted by Gasteiger charge is 2.53. The zero-order chi connectivity index (χ0) is 17.4. The second-order valence-electron chi connectivity index (χ2n) is 7.17. The van der Waals surface area contributed by atoms with Gasteiger partial charge in [-0.2, -0.15) is 0 Å². The molecule has 1 heterocycles. The van der Waals surface area contributed by atoms with Crippen molar-refractivity contribution in [3.8, 4) is 5.75 Å². The Bertz CT molecular complexity index is 639. The van der Waals surface area contributed by atoms with E-state index in [9.17, 15) is 14.7 Å². The summed E-state index contributed by atoms with van der Waals surface area (Å²) in [4.78, 5) is 24.9. The van der Waals surface area contributed by atoms with Crippen molar-refractivity contribution in [2.45, 2.75) is 52.2 Å². The molecule has 1 aliphatic heterocycles. The number of phenols is 1. The van der Waals surface area contributed by atoms with Gasteiger partial charge in [0.1, 0.15) is 11.9 Å². The number of Topliss-reactive ketones (excluding diaryl/α,β-unsaturated/α-hetero) is 2. The van der Waals surface area contributed by atoms with Crippen LogP contribution < -0.4 is 0 Å².